The molecule has 1 aromatic rings. The van der Waals surface area contributed by atoms with Crippen molar-refractivity contribution in [2.45, 2.75) is 3.12 Å². The summed E-state index contributed by atoms with van der Waals surface area (Å²) in [6, 6.07) is 5.91. The first-order chi connectivity index (χ1) is 7.16. The fraction of sp³-hybridized carbons (Fsp3) is 0.222. The van der Waals surface area contributed by atoms with Crippen molar-refractivity contribution < 1.29 is 13.2 Å². The van der Waals surface area contributed by atoms with Gasteiger partial charge in [-0.15, -0.1) is 0 Å². The van der Waals surface area contributed by atoms with Crippen molar-refractivity contribution in [2.75, 3.05) is 6.26 Å². The molecule has 0 aromatic heterocycles. The number of rotatable bonds is 3. The highest BCUT2D eigenvalue weighted by Crippen LogP contribution is 2.34. The van der Waals surface area contributed by atoms with Crippen LogP contribution < -0.4 is 0 Å². The number of alkyl halides is 2. The van der Waals surface area contributed by atoms with Crippen LogP contribution in [0.4, 0.5) is 0 Å². The Morgan fingerprint density at radius 2 is 2.00 bits per heavy atom. The molecule has 0 saturated heterocycles. The number of hydrogen-bond donors (Lipinski definition) is 0. The predicted molar refractivity (Wildman–Crippen MR) is 68.1 cm³/mol. The smallest absolute Gasteiger partial charge is 0.261 e. The van der Waals surface area contributed by atoms with E-state index in [0.29, 0.717) is 5.02 Å². The zero-order valence-electron chi connectivity index (χ0n) is 8.08. The van der Waals surface area contributed by atoms with Crippen molar-refractivity contribution in [3.8, 4) is 0 Å². The highest BCUT2D eigenvalue weighted by Gasteiger charge is 2.44. The third-order valence-corrected chi connectivity index (χ3v) is 6.31. The number of sulfone groups is 1. The van der Waals surface area contributed by atoms with E-state index in [4.69, 9.17) is 23.2 Å². The zero-order valence-corrected chi connectivity index (χ0v) is 12.0. The minimum atomic E-state index is -3.77. The molecule has 1 aromatic carbocycles. The van der Waals surface area contributed by atoms with Gasteiger partial charge in [-0.3, -0.25) is 4.79 Å². The van der Waals surface area contributed by atoms with Crippen LogP contribution in [0.3, 0.4) is 0 Å². The van der Waals surface area contributed by atoms with E-state index in [1.807, 2.05) is 0 Å². The topological polar surface area (TPSA) is 51.2 Å². The summed E-state index contributed by atoms with van der Waals surface area (Å²) in [5, 5.41) is 0.333. The molecule has 0 aliphatic heterocycles. The molecule has 7 heteroatoms. The standard InChI is InChI=1S/C9H7BrCl2O3S/c1-16(14,15)9(10,12)8(13)6-3-2-4-7(11)5-6/h2-5H,1H3/t9-/m0/s1. The van der Waals surface area contributed by atoms with Crippen molar-refractivity contribution in [3.05, 3.63) is 34.9 Å². The van der Waals surface area contributed by atoms with Crippen molar-refractivity contribution in [1.29, 1.82) is 0 Å². The van der Waals surface area contributed by atoms with Crippen molar-refractivity contribution >= 4 is 54.8 Å². The maximum Gasteiger partial charge on any atom is 0.261 e. The van der Waals surface area contributed by atoms with Crippen LogP contribution in [0, 0.1) is 0 Å². The fourth-order valence-corrected chi connectivity index (χ4v) is 1.95. The Labute approximate surface area is 112 Å². The van der Waals surface area contributed by atoms with Gasteiger partial charge in [0.2, 0.25) is 5.78 Å². The molecule has 0 bridgehead atoms. The first-order valence-corrected chi connectivity index (χ1v) is 7.48. The summed E-state index contributed by atoms with van der Waals surface area (Å²) in [6.07, 6.45) is 0.872. The largest absolute Gasteiger partial charge is 0.290 e. The van der Waals surface area contributed by atoms with Crippen molar-refractivity contribution in [1.82, 2.24) is 0 Å². The van der Waals surface area contributed by atoms with Crippen LogP contribution in [0.25, 0.3) is 0 Å². The minimum absolute atomic E-state index is 0.129. The van der Waals surface area contributed by atoms with E-state index < -0.39 is 18.7 Å². The van der Waals surface area contributed by atoms with Gasteiger partial charge in [0.1, 0.15) is 0 Å². The van der Waals surface area contributed by atoms with Crippen LogP contribution in [0.2, 0.25) is 5.02 Å². The normalized spacial score (nSPS) is 15.5. The second-order valence-corrected chi connectivity index (χ2v) is 8.68. The second kappa shape index (κ2) is 4.64. The van der Waals surface area contributed by atoms with Gasteiger partial charge >= 0.3 is 0 Å². The lowest BCUT2D eigenvalue weighted by molar-refractivity contribution is 0.1000. The third kappa shape index (κ3) is 2.77. The average Bonchev–Trinajstić information content (AvgIpc) is 2.14. The van der Waals surface area contributed by atoms with Gasteiger partial charge in [0.05, 0.1) is 0 Å². The summed E-state index contributed by atoms with van der Waals surface area (Å²) in [5.41, 5.74) is 0.129. The van der Waals surface area contributed by atoms with Crippen LogP contribution in [-0.2, 0) is 9.84 Å². The van der Waals surface area contributed by atoms with Gasteiger partial charge < -0.3 is 0 Å². The molecule has 1 atom stereocenters. The van der Waals surface area contributed by atoms with Gasteiger partial charge in [0.25, 0.3) is 3.12 Å². The van der Waals surface area contributed by atoms with Crippen LogP contribution in [0.1, 0.15) is 10.4 Å². The number of hydrogen-bond acceptors (Lipinski definition) is 3. The average molecular weight is 346 g/mol. The molecular weight excluding hydrogens is 339 g/mol. The Hall–Kier alpha value is -0.100. The van der Waals surface area contributed by atoms with E-state index >= 15 is 0 Å². The van der Waals surface area contributed by atoms with E-state index in [0.717, 1.165) is 6.26 Å². The van der Waals surface area contributed by atoms with Crippen LogP contribution in [0.15, 0.2) is 24.3 Å². The Morgan fingerprint density at radius 1 is 1.44 bits per heavy atom. The van der Waals surface area contributed by atoms with Gasteiger partial charge in [-0.25, -0.2) is 8.42 Å². The Morgan fingerprint density at radius 3 is 2.44 bits per heavy atom. The molecule has 0 fully saturated rings. The molecule has 0 unspecified atom stereocenters. The summed E-state index contributed by atoms with van der Waals surface area (Å²) in [6.45, 7) is 0. The van der Waals surface area contributed by atoms with E-state index in [9.17, 15) is 13.2 Å². The molecule has 0 radical (unpaired) electrons. The molecule has 0 spiro atoms. The van der Waals surface area contributed by atoms with E-state index in [-0.39, 0.29) is 5.56 Å². The lowest BCUT2D eigenvalue weighted by Gasteiger charge is -2.16. The number of Topliss-reactive ketones (excluding diaryl/α,β-unsaturated/α-hetero) is 1. The van der Waals surface area contributed by atoms with Crippen LogP contribution in [-0.4, -0.2) is 23.6 Å². The molecular formula is C9H7BrCl2O3S. The monoisotopic (exact) mass is 344 g/mol. The number of carbonyl (C=O) groups is 1. The minimum Gasteiger partial charge on any atom is -0.290 e. The molecule has 1 rings (SSSR count). The van der Waals surface area contributed by atoms with E-state index in [1.54, 1.807) is 6.07 Å². The quantitative estimate of drug-likeness (QED) is 0.625. The lowest BCUT2D eigenvalue weighted by atomic mass is 10.1. The molecule has 16 heavy (non-hydrogen) atoms. The van der Waals surface area contributed by atoms with Crippen molar-refractivity contribution in [2.24, 2.45) is 0 Å². The van der Waals surface area contributed by atoms with Crippen LogP contribution in [0.5, 0.6) is 0 Å². The molecule has 0 heterocycles. The maximum atomic E-state index is 11.8. The SMILES string of the molecule is CS(=O)(=O)[C@](Cl)(Br)C(=O)c1cccc(Cl)c1. The van der Waals surface area contributed by atoms with Gasteiger partial charge in [-0.2, -0.15) is 0 Å². The maximum absolute atomic E-state index is 11.8. The van der Waals surface area contributed by atoms with Crippen LogP contribution >= 0.6 is 39.1 Å². The fourth-order valence-electron chi connectivity index (χ4n) is 0.966. The molecule has 0 saturated carbocycles. The van der Waals surface area contributed by atoms with Gasteiger partial charge in [0.15, 0.2) is 9.84 Å². The molecule has 0 aliphatic rings. The summed E-state index contributed by atoms with van der Waals surface area (Å²) in [7, 11) is -3.77. The van der Waals surface area contributed by atoms with Gasteiger partial charge in [0, 0.05) is 16.8 Å². The Balaban J connectivity index is 3.23. The number of carbonyl (C=O) groups excluding carboxylic acids is 1. The lowest BCUT2D eigenvalue weighted by Crippen LogP contribution is -2.34. The Kier molecular flexibility index (Phi) is 4.05. The van der Waals surface area contributed by atoms with E-state index in [2.05, 4.69) is 15.9 Å². The van der Waals surface area contributed by atoms with E-state index in [1.165, 1.54) is 18.2 Å². The second-order valence-electron chi connectivity index (χ2n) is 3.13. The predicted octanol–water partition coefficient (Wildman–Crippen LogP) is 2.85. The number of halogens is 3. The first-order valence-electron chi connectivity index (χ1n) is 4.04. The van der Waals surface area contributed by atoms with Crippen molar-refractivity contribution in [3.63, 3.8) is 0 Å². The molecule has 0 N–H and O–H groups in total. The molecule has 0 aliphatic carbocycles. The zero-order chi connectivity index (χ0) is 12.6. The Bertz CT molecular complexity index is 525. The summed E-state index contributed by atoms with van der Waals surface area (Å²) < 4.78 is 20.5. The molecule has 88 valence electrons. The summed E-state index contributed by atoms with van der Waals surface area (Å²) in [4.78, 5) is 11.8. The highest BCUT2D eigenvalue weighted by atomic mass is 79.9. The third-order valence-electron chi connectivity index (χ3n) is 1.82. The number of benzene rings is 1. The van der Waals surface area contributed by atoms with Gasteiger partial charge in [-0.1, -0.05) is 35.3 Å². The molecule has 0 amide bonds. The van der Waals surface area contributed by atoms with Gasteiger partial charge in [-0.05, 0) is 28.1 Å². The first kappa shape index (κ1) is 14.0. The summed E-state index contributed by atoms with van der Waals surface area (Å²) in [5.74, 6) is -0.765. The summed E-state index contributed by atoms with van der Waals surface area (Å²) >= 11 is 14.1. The number of ketones is 1. The highest BCUT2D eigenvalue weighted by molar-refractivity contribution is 9.12. The molecule has 3 nitrogen and oxygen atoms in total.